The Morgan fingerprint density at radius 3 is 3.15 bits per heavy atom. The number of likely N-dealkylation sites (tertiary alicyclic amines) is 1. The van der Waals surface area contributed by atoms with E-state index in [9.17, 15) is 4.79 Å². The minimum atomic E-state index is -0.00768. The molecule has 0 unspecified atom stereocenters. The van der Waals surface area contributed by atoms with Gasteiger partial charge in [-0.25, -0.2) is 0 Å². The van der Waals surface area contributed by atoms with E-state index in [-0.39, 0.29) is 5.91 Å². The quantitative estimate of drug-likeness (QED) is 0.937. The van der Waals surface area contributed by atoms with Crippen LogP contribution in [0.3, 0.4) is 0 Å². The van der Waals surface area contributed by atoms with E-state index in [1.165, 1.54) is 0 Å². The third-order valence-corrected chi connectivity index (χ3v) is 4.40. The molecule has 0 saturated carbocycles. The van der Waals surface area contributed by atoms with Gasteiger partial charge in [-0.2, -0.15) is 0 Å². The summed E-state index contributed by atoms with van der Waals surface area (Å²) >= 11 is 3.45. The van der Waals surface area contributed by atoms with E-state index >= 15 is 0 Å². The number of rotatable bonds is 3. The molecular weight excluding hydrogens is 320 g/mol. The minimum absolute atomic E-state index is 0.00768. The van der Waals surface area contributed by atoms with Crippen LogP contribution in [0.15, 0.2) is 33.2 Å². The highest BCUT2D eigenvalue weighted by atomic mass is 79.9. The lowest BCUT2D eigenvalue weighted by atomic mass is 10.1. The maximum atomic E-state index is 12.5. The monoisotopic (exact) mass is 336 g/mol. The molecule has 2 aromatic rings. The maximum absolute atomic E-state index is 12.5. The van der Waals surface area contributed by atoms with E-state index in [4.69, 9.17) is 4.42 Å². The van der Waals surface area contributed by atoms with Gasteiger partial charge in [-0.1, -0.05) is 12.1 Å². The van der Waals surface area contributed by atoms with E-state index in [1.54, 1.807) is 0 Å². The molecule has 5 heteroatoms. The highest BCUT2D eigenvalue weighted by molar-refractivity contribution is 9.10. The predicted molar refractivity (Wildman–Crippen MR) is 81.9 cm³/mol. The molecule has 0 bridgehead atoms. The van der Waals surface area contributed by atoms with Crippen LogP contribution in [0.2, 0.25) is 0 Å². The van der Waals surface area contributed by atoms with Gasteiger partial charge in [0.1, 0.15) is 5.58 Å². The molecule has 1 atom stereocenters. The van der Waals surface area contributed by atoms with Crippen molar-refractivity contribution in [3.05, 3.63) is 34.5 Å². The predicted octanol–water partition coefficient (Wildman–Crippen LogP) is 2.88. The molecule has 1 amide bonds. The first kappa shape index (κ1) is 13.6. The third kappa shape index (κ3) is 2.47. The first-order chi connectivity index (χ1) is 9.69. The summed E-state index contributed by atoms with van der Waals surface area (Å²) in [6.45, 7) is 2.57. The Kier molecular flexibility index (Phi) is 3.81. The topological polar surface area (TPSA) is 45.5 Å². The molecule has 1 aliphatic heterocycles. The minimum Gasteiger partial charge on any atom is -0.450 e. The van der Waals surface area contributed by atoms with Gasteiger partial charge in [-0.05, 0) is 54.0 Å². The summed E-state index contributed by atoms with van der Waals surface area (Å²) in [5, 5.41) is 4.12. The Labute approximate surface area is 126 Å². The highest BCUT2D eigenvalue weighted by Gasteiger charge is 2.28. The molecule has 1 saturated heterocycles. The third-order valence-electron chi connectivity index (χ3n) is 3.77. The second-order valence-corrected chi connectivity index (χ2v) is 6.09. The number of halogens is 1. The average Bonchev–Trinajstić information content (AvgIpc) is 3.05. The molecule has 0 spiro atoms. The number of nitrogens with one attached hydrogen (secondary N) is 1. The number of carbonyl (C=O) groups is 1. The summed E-state index contributed by atoms with van der Waals surface area (Å²) in [7, 11) is 1.95. The highest BCUT2D eigenvalue weighted by Crippen LogP contribution is 2.28. The second-order valence-electron chi connectivity index (χ2n) is 5.23. The number of hydrogen-bond acceptors (Lipinski definition) is 3. The van der Waals surface area contributed by atoms with Crippen LogP contribution in [-0.4, -0.2) is 37.5 Å². The van der Waals surface area contributed by atoms with Gasteiger partial charge in [0, 0.05) is 18.5 Å². The van der Waals surface area contributed by atoms with Crippen LogP contribution in [0, 0.1) is 5.92 Å². The summed E-state index contributed by atoms with van der Waals surface area (Å²) in [6, 6.07) is 7.63. The molecule has 1 aromatic carbocycles. The van der Waals surface area contributed by atoms with Crippen molar-refractivity contribution in [1.29, 1.82) is 0 Å². The van der Waals surface area contributed by atoms with Crippen LogP contribution in [0.4, 0.5) is 0 Å². The number of para-hydroxylation sites is 1. The van der Waals surface area contributed by atoms with Gasteiger partial charge in [0.15, 0.2) is 5.76 Å². The standard InChI is InChI=1S/C15H17BrN2O2/c1-17-8-10-5-6-18(9-10)15(19)13-7-11-3-2-4-12(16)14(11)20-13/h2-4,7,10,17H,5-6,8-9H2,1H3/t10-/m1/s1. The van der Waals surface area contributed by atoms with Gasteiger partial charge in [0.25, 0.3) is 5.91 Å². The van der Waals surface area contributed by atoms with Gasteiger partial charge in [0.2, 0.25) is 0 Å². The molecule has 2 heterocycles. The van der Waals surface area contributed by atoms with Crippen LogP contribution in [0.25, 0.3) is 11.0 Å². The van der Waals surface area contributed by atoms with Gasteiger partial charge in [-0.3, -0.25) is 4.79 Å². The normalized spacial score (nSPS) is 18.9. The zero-order valence-corrected chi connectivity index (χ0v) is 12.9. The van der Waals surface area contributed by atoms with E-state index in [0.717, 1.165) is 41.5 Å². The Balaban J connectivity index is 1.81. The van der Waals surface area contributed by atoms with Crippen molar-refractivity contribution in [1.82, 2.24) is 10.2 Å². The Morgan fingerprint density at radius 2 is 2.40 bits per heavy atom. The summed E-state index contributed by atoms with van der Waals surface area (Å²) < 4.78 is 6.59. The van der Waals surface area contributed by atoms with Gasteiger partial charge < -0.3 is 14.6 Å². The number of fused-ring (bicyclic) bond motifs is 1. The average molecular weight is 337 g/mol. The molecule has 3 rings (SSSR count). The lowest BCUT2D eigenvalue weighted by molar-refractivity contribution is 0.0758. The van der Waals surface area contributed by atoms with Gasteiger partial charge in [-0.15, -0.1) is 0 Å². The SMILES string of the molecule is CNC[C@H]1CCN(C(=O)c2cc3cccc(Br)c3o2)C1. The molecule has 1 fully saturated rings. The zero-order valence-electron chi connectivity index (χ0n) is 11.4. The Hall–Kier alpha value is -1.33. The summed E-state index contributed by atoms with van der Waals surface area (Å²) in [5.74, 6) is 0.962. The van der Waals surface area contributed by atoms with Crippen molar-refractivity contribution in [2.75, 3.05) is 26.7 Å². The largest absolute Gasteiger partial charge is 0.450 e. The molecule has 0 radical (unpaired) electrons. The van der Waals surface area contributed by atoms with E-state index in [2.05, 4.69) is 21.2 Å². The smallest absolute Gasteiger partial charge is 0.289 e. The van der Waals surface area contributed by atoms with E-state index in [0.29, 0.717) is 11.7 Å². The van der Waals surface area contributed by atoms with Crippen LogP contribution in [0.5, 0.6) is 0 Å². The lowest BCUT2D eigenvalue weighted by Gasteiger charge is -2.14. The van der Waals surface area contributed by atoms with Crippen molar-refractivity contribution >= 4 is 32.8 Å². The number of benzene rings is 1. The molecule has 20 heavy (non-hydrogen) atoms. The van der Waals surface area contributed by atoms with E-state index < -0.39 is 0 Å². The first-order valence-corrected chi connectivity index (χ1v) is 7.60. The molecule has 0 aliphatic carbocycles. The first-order valence-electron chi connectivity index (χ1n) is 6.81. The molecule has 4 nitrogen and oxygen atoms in total. The van der Waals surface area contributed by atoms with Gasteiger partial charge >= 0.3 is 0 Å². The van der Waals surface area contributed by atoms with Gasteiger partial charge in [0.05, 0.1) is 4.47 Å². The summed E-state index contributed by atoms with van der Waals surface area (Å²) in [4.78, 5) is 14.4. The van der Waals surface area contributed by atoms with Crippen molar-refractivity contribution < 1.29 is 9.21 Å². The number of carbonyl (C=O) groups excluding carboxylic acids is 1. The second kappa shape index (κ2) is 5.58. The summed E-state index contributed by atoms with van der Waals surface area (Å²) in [6.07, 6.45) is 1.05. The fourth-order valence-corrected chi connectivity index (χ4v) is 3.22. The fourth-order valence-electron chi connectivity index (χ4n) is 2.76. The molecule has 1 aromatic heterocycles. The summed E-state index contributed by atoms with van der Waals surface area (Å²) in [5.41, 5.74) is 0.738. The molecule has 1 N–H and O–H groups in total. The number of furan rings is 1. The van der Waals surface area contributed by atoms with Crippen molar-refractivity contribution in [2.24, 2.45) is 5.92 Å². The maximum Gasteiger partial charge on any atom is 0.289 e. The van der Waals surface area contributed by atoms with Crippen molar-refractivity contribution in [3.63, 3.8) is 0 Å². The number of nitrogens with zero attached hydrogens (tertiary/aromatic N) is 1. The lowest BCUT2D eigenvalue weighted by Crippen LogP contribution is -2.30. The number of hydrogen-bond donors (Lipinski definition) is 1. The van der Waals surface area contributed by atoms with Crippen LogP contribution < -0.4 is 5.32 Å². The zero-order chi connectivity index (χ0) is 14.1. The van der Waals surface area contributed by atoms with Crippen LogP contribution >= 0.6 is 15.9 Å². The molecule has 1 aliphatic rings. The fraction of sp³-hybridized carbons (Fsp3) is 0.400. The van der Waals surface area contributed by atoms with Crippen LogP contribution in [-0.2, 0) is 0 Å². The van der Waals surface area contributed by atoms with E-state index in [1.807, 2.05) is 36.2 Å². The van der Waals surface area contributed by atoms with Crippen molar-refractivity contribution in [3.8, 4) is 0 Å². The molecular formula is C15H17BrN2O2. The van der Waals surface area contributed by atoms with Crippen molar-refractivity contribution in [2.45, 2.75) is 6.42 Å². The Morgan fingerprint density at radius 1 is 1.55 bits per heavy atom. The van der Waals surface area contributed by atoms with Crippen LogP contribution in [0.1, 0.15) is 17.0 Å². The molecule has 106 valence electrons. The Bertz CT molecular complexity index is 638. The number of amides is 1.